The monoisotopic (exact) mass is 370 g/mol. The van der Waals surface area contributed by atoms with Gasteiger partial charge in [-0.2, -0.15) is 0 Å². The predicted octanol–water partition coefficient (Wildman–Crippen LogP) is 2.03. The Bertz CT molecular complexity index is 866. The fraction of sp³-hybridized carbons (Fsp3) is 0.667. The molecule has 1 spiro atoms. The van der Waals surface area contributed by atoms with Gasteiger partial charge >= 0.3 is 0 Å². The molecule has 2 saturated carbocycles. The quantitative estimate of drug-likeness (QED) is 0.548. The van der Waals surface area contributed by atoms with Crippen molar-refractivity contribution in [3.05, 3.63) is 23.3 Å². The third-order valence-corrected chi connectivity index (χ3v) is 8.12. The van der Waals surface area contributed by atoms with E-state index in [-0.39, 0.29) is 23.8 Å². The van der Waals surface area contributed by atoms with Crippen LogP contribution < -0.4 is 4.74 Å². The number of phenolic OH excluding ortho intramolecular Hbond substituents is 1. The molecule has 1 aromatic carbocycles. The lowest BCUT2D eigenvalue weighted by atomic mass is 9.47. The largest absolute Gasteiger partial charge is 0.504 e. The number of ether oxygens (including phenoxy) is 1. The minimum absolute atomic E-state index is 0.00908. The van der Waals surface area contributed by atoms with E-state index < -0.39 is 11.0 Å². The molecule has 6 rings (SSSR count). The van der Waals surface area contributed by atoms with Gasteiger partial charge in [0.1, 0.15) is 6.10 Å². The number of hydrogen-bond donors (Lipinski definition) is 3. The number of oxime groups is 1. The van der Waals surface area contributed by atoms with Gasteiger partial charge in [0.05, 0.1) is 16.7 Å². The van der Waals surface area contributed by atoms with Crippen molar-refractivity contribution >= 4 is 5.71 Å². The van der Waals surface area contributed by atoms with E-state index in [4.69, 9.17) is 4.74 Å². The van der Waals surface area contributed by atoms with Gasteiger partial charge in [-0.15, -0.1) is 0 Å². The Morgan fingerprint density at radius 1 is 1.33 bits per heavy atom. The SMILES string of the molecule is CC1C(=NO)C[C@@]2(O)[C@H]3Cc4ccc(O)c5c4[C@@]2(CCN3CC2CC2)[C@H]1O5. The maximum atomic E-state index is 12.2. The van der Waals surface area contributed by atoms with Crippen LogP contribution in [0.2, 0.25) is 0 Å². The van der Waals surface area contributed by atoms with Crippen LogP contribution in [0.3, 0.4) is 0 Å². The van der Waals surface area contributed by atoms with Gasteiger partial charge in [-0.05, 0) is 49.8 Å². The highest BCUT2D eigenvalue weighted by atomic mass is 16.5. The summed E-state index contributed by atoms with van der Waals surface area (Å²) in [5.74, 6) is 1.33. The van der Waals surface area contributed by atoms with E-state index in [0.717, 1.165) is 37.4 Å². The Kier molecular flexibility index (Phi) is 2.98. The molecule has 5 aliphatic rings. The van der Waals surface area contributed by atoms with Crippen molar-refractivity contribution in [2.45, 2.75) is 62.2 Å². The third-order valence-electron chi connectivity index (χ3n) is 8.12. The van der Waals surface area contributed by atoms with Gasteiger partial charge in [-0.3, -0.25) is 4.90 Å². The summed E-state index contributed by atoms with van der Waals surface area (Å²) in [7, 11) is 0. The van der Waals surface area contributed by atoms with Gasteiger partial charge in [-0.1, -0.05) is 18.1 Å². The van der Waals surface area contributed by atoms with Crippen LogP contribution in [-0.2, 0) is 11.8 Å². The van der Waals surface area contributed by atoms with E-state index in [0.29, 0.717) is 17.9 Å². The minimum atomic E-state index is -1.04. The molecule has 2 heterocycles. The highest BCUT2D eigenvalue weighted by molar-refractivity contribution is 5.90. The Hall–Kier alpha value is -1.79. The van der Waals surface area contributed by atoms with Crippen molar-refractivity contribution in [1.82, 2.24) is 4.90 Å². The van der Waals surface area contributed by atoms with Crippen LogP contribution in [0.25, 0.3) is 0 Å². The van der Waals surface area contributed by atoms with E-state index in [1.54, 1.807) is 6.07 Å². The Labute approximate surface area is 158 Å². The molecule has 3 fully saturated rings. The predicted molar refractivity (Wildman–Crippen MR) is 98.6 cm³/mol. The van der Waals surface area contributed by atoms with Gasteiger partial charge in [0, 0.05) is 30.5 Å². The van der Waals surface area contributed by atoms with E-state index in [1.807, 2.05) is 13.0 Å². The second kappa shape index (κ2) is 4.97. The third kappa shape index (κ3) is 1.77. The molecule has 27 heavy (non-hydrogen) atoms. The first kappa shape index (κ1) is 16.2. The minimum Gasteiger partial charge on any atom is -0.504 e. The average Bonchev–Trinajstić information content (AvgIpc) is 3.39. The van der Waals surface area contributed by atoms with Crippen molar-refractivity contribution in [1.29, 1.82) is 0 Å². The lowest BCUT2D eigenvalue weighted by molar-refractivity contribution is -0.174. The normalized spacial score (nSPS) is 43.5. The molecule has 3 N–H and O–H groups in total. The zero-order valence-corrected chi connectivity index (χ0v) is 15.6. The molecule has 6 nitrogen and oxygen atoms in total. The summed E-state index contributed by atoms with van der Waals surface area (Å²) in [6.45, 7) is 3.99. The molecule has 144 valence electrons. The number of aliphatic hydroxyl groups is 1. The van der Waals surface area contributed by atoms with Crippen molar-refractivity contribution in [3.8, 4) is 11.5 Å². The summed E-state index contributed by atoms with van der Waals surface area (Å²) >= 11 is 0. The fourth-order valence-electron chi connectivity index (χ4n) is 6.68. The summed E-state index contributed by atoms with van der Waals surface area (Å²) in [6.07, 6.45) is 4.18. The highest BCUT2D eigenvalue weighted by Crippen LogP contribution is 2.66. The van der Waals surface area contributed by atoms with Crippen molar-refractivity contribution in [2.75, 3.05) is 13.1 Å². The van der Waals surface area contributed by atoms with Crippen LogP contribution in [-0.4, -0.2) is 56.9 Å². The maximum absolute atomic E-state index is 12.2. The van der Waals surface area contributed by atoms with E-state index in [1.165, 1.54) is 18.4 Å². The van der Waals surface area contributed by atoms with Crippen molar-refractivity contribution in [2.24, 2.45) is 17.0 Å². The smallest absolute Gasteiger partial charge is 0.165 e. The number of phenols is 1. The number of piperidine rings is 1. The molecule has 1 aromatic rings. The second-order valence-corrected chi connectivity index (χ2v) is 9.35. The van der Waals surface area contributed by atoms with E-state index >= 15 is 0 Å². The highest BCUT2D eigenvalue weighted by Gasteiger charge is 2.73. The molecular formula is C21H26N2O4. The molecule has 0 amide bonds. The van der Waals surface area contributed by atoms with Crippen molar-refractivity contribution < 1.29 is 20.2 Å². The molecule has 6 heteroatoms. The van der Waals surface area contributed by atoms with Crippen LogP contribution in [0.4, 0.5) is 0 Å². The fourth-order valence-corrected chi connectivity index (χ4v) is 6.68. The molecule has 0 aromatic heterocycles. The molecule has 5 atom stereocenters. The Morgan fingerprint density at radius 3 is 2.89 bits per heavy atom. The number of likely N-dealkylation sites (tertiary alicyclic amines) is 1. The Morgan fingerprint density at radius 2 is 2.15 bits per heavy atom. The summed E-state index contributed by atoms with van der Waals surface area (Å²) in [5, 5.41) is 35.9. The molecular weight excluding hydrogens is 344 g/mol. The number of benzene rings is 1. The Balaban J connectivity index is 1.58. The number of aromatic hydroxyl groups is 1. The van der Waals surface area contributed by atoms with E-state index in [9.17, 15) is 15.4 Å². The first-order valence-electron chi connectivity index (χ1n) is 10.2. The van der Waals surface area contributed by atoms with E-state index in [2.05, 4.69) is 10.1 Å². The van der Waals surface area contributed by atoms with Gasteiger partial charge < -0.3 is 20.2 Å². The summed E-state index contributed by atoms with van der Waals surface area (Å²) in [6, 6.07) is 3.72. The van der Waals surface area contributed by atoms with Crippen LogP contribution in [0, 0.1) is 11.8 Å². The molecule has 3 aliphatic carbocycles. The zero-order chi connectivity index (χ0) is 18.6. The van der Waals surface area contributed by atoms with Gasteiger partial charge in [0.2, 0.25) is 0 Å². The summed E-state index contributed by atoms with van der Waals surface area (Å²) in [4.78, 5) is 2.47. The van der Waals surface area contributed by atoms with Gasteiger partial charge in [-0.25, -0.2) is 0 Å². The molecule has 1 saturated heterocycles. The number of nitrogens with zero attached hydrogens (tertiary/aromatic N) is 2. The van der Waals surface area contributed by atoms with Gasteiger partial charge in [0.15, 0.2) is 11.5 Å². The van der Waals surface area contributed by atoms with Gasteiger partial charge in [0.25, 0.3) is 0 Å². The number of rotatable bonds is 2. The van der Waals surface area contributed by atoms with Crippen LogP contribution >= 0.6 is 0 Å². The summed E-state index contributed by atoms with van der Waals surface area (Å²) < 4.78 is 6.33. The summed E-state index contributed by atoms with van der Waals surface area (Å²) in [5.41, 5.74) is 1.24. The zero-order valence-electron chi connectivity index (χ0n) is 15.6. The standard InChI is InChI=1S/C21H26N2O4/c1-11-14(22-26)9-21(25)16-8-13-4-5-15(24)18-17(13)20(21,19(11)27-18)6-7-23(16)10-12-2-3-12/h4-5,11-12,16,19,24-26H,2-3,6-10H2,1H3/t11?,16-,19+,20+,21-/m1/s1. The molecule has 1 unspecified atom stereocenters. The van der Waals surface area contributed by atoms with Crippen molar-refractivity contribution in [3.63, 3.8) is 0 Å². The molecule has 0 radical (unpaired) electrons. The first-order valence-corrected chi connectivity index (χ1v) is 10.2. The van der Waals surface area contributed by atoms with Crippen LogP contribution in [0.5, 0.6) is 11.5 Å². The lowest BCUT2D eigenvalue weighted by Crippen LogP contribution is -2.77. The van der Waals surface area contributed by atoms with Crippen LogP contribution in [0.1, 0.15) is 43.7 Å². The topological polar surface area (TPSA) is 85.5 Å². The average molecular weight is 370 g/mol. The van der Waals surface area contributed by atoms with Crippen LogP contribution in [0.15, 0.2) is 17.3 Å². The first-order chi connectivity index (χ1) is 13.0. The molecule has 2 bridgehead atoms. The maximum Gasteiger partial charge on any atom is 0.165 e. The number of hydrogen-bond acceptors (Lipinski definition) is 6. The lowest BCUT2D eigenvalue weighted by Gasteiger charge is -2.64. The second-order valence-electron chi connectivity index (χ2n) is 9.35. The molecule has 2 aliphatic heterocycles.